The third-order valence-corrected chi connectivity index (χ3v) is 3.31. The van der Waals surface area contributed by atoms with Crippen molar-refractivity contribution in [3.8, 4) is 0 Å². The summed E-state index contributed by atoms with van der Waals surface area (Å²) >= 11 is 0. The lowest BCUT2D eigenvalue weighted by molar-refractivity contribution is -0.123. The molecule has 4 nitrogen and oxygen atoms in total. The number of carbonyl (C=O) groups excluding carboxylic acids is 1. The molecule has 1 rings (SSSR count). The lowest BCUT2D eigenvalue weighted by atomic mass is 10.1. The van der Waals surface area contributed by atoms with Crippen LogP contribution in [0.3, 0.4) is 0 Å². The van der Waals surface area contributed by atoms with Crippen molar-refractivity contribution < 1.29 is 14.3 Å². The second-order valence-corrected chi connectivity index (χ2v) is 5.20. The maximum absolute atomic E-state index is 11.8. The van der Waals surface area contributed by atoms with Gasteiger partial charge in [-0.3, -0.25) is 4.79 Å². The molecular weight excluding hydrogens is 254 g/mol. The van der Waals surface area contributed by atoms with Gasteiger partial charge in [-0.25, -0.2) is 0 Å². The smallest absolute Gasteiger partial charge is 0.220 e. The van der Waals surface area contributed by atoms with E-state index in [4.69, 9.17) is 9.47 Å². The Balaban J connectivity index is 2.23. The minimum absolute atomic E-state index is 0.0558. The van der Waals surface area contributed by atoms with E-state index in [0.29, 0.717) is 19.6 Å². The predicted octanol–water partition coefficient (Wildman–Crippen LogP) is 2.18. The van der Waals surface area contributed by atoms with Crippen molar-refractivity contribution in [2.75, 3.05) is 27.4 Å². The largest absolute Gasteiger partial charge is 0.382 e. The molecule has 1 atom stereocenters. The van der Waals surface area contributed by atoms with E-state index in [9.17, 15) is 4.79 Å². The van der Waals surface area contributed by atoms with Crippen LogP contribution in [0.2, 0.25) is 0 Å². The number of ether oxygens (including phenoxy) is 2. The Bertz CT molecular complexity index is 394. The van der Waals surface area contributed by atoms with E-state index in [1.54, 1.807) is 14.2 Å². The Morgan fingerprint density at radius 2 is 1.95 bits per heavy atom. The Hall–Kier alpha value is -1.39. The number of methoxy groups -OCH3 is 2. The highest BCUT2D eigenvalue weighted by molar-refractivity contribution is 5.75. The summed E-state index contributed by atoms with van der Waals surface area (Å²) in [5.41, 5.74) is 0.797. The molecule has 0 heterocycles. The number of aryl methyl sites for hydroxylation is 1. The van der Waals surface area contributed by atoms with E-state index >= 15 is 0 Å². The average molecular weight is 279 g/mol. The molecule has 112 valence electrons. The zero-order valence-electron chi connectivity index (χ0n) is 12.6. The quantitative estimate of drug-likeness (QED) is 0.753. The summed E-state index contributed by atoms with van der Waals surface area (Å²) in [6, 6.07) is 10.2. The number of hydrogen-bond acceptors (Lipinski definition) is 3. The average Bonchev–Trinajstić information content (AvgIpc) is 2.47. The fraction of sp³-hybridized carbons (Fsp3) is 0.562. The zero-order chi connectivity index (χ0) is 14.8. The van der Waals surface area contributed by atoms with Crippen molar-refractivity contribution in [2.45, 2.75) is 31.8 Å². The van der Waals surface area contributed by atoms with Crippen LogP contribution in [0, 0.1) is 0 Å². The Morgan fingerprint density at radius 3 is 2.55 bits per heavy atom. The highest BCUT2D eigenvalue weighted by Crippen LogP contribution is 2.08. The van der Waals surface area contributed by atoms with Crippen LogP contribution in [0.4, 0.5) is 0 Å². The van der Waals surface area contributed by atoms with Gasteiger partial charge in [0.15, 0.2) is 0 Å². The highest BCUT2D eigenvalue weighted by atomic mass is 16.5. The van der Waals surface area contributed by atoms with E-state index < -0.39 is 5.60 Å². The molecule has 0 aliphatic carbocycles. The molecule has 4 heteroatoms. The second-order valence-electron chi connectivity index (χ2n) is 5.20. The molecule has 1 aromatic carbocycles. The van der Waals surface area contributed by atoms with Crippen molar-refractivity contribution in [3.05, 3.63) is 35.9 Å². The Labute approximate surface area is 121 Å². The maximum Gasteiger partial charge on any atom is 0.220 e. The molecular formula is C16H25NO3. The third-order valence-electron chi connectivity index (χ3n) is 3.31. The Morgan fingerprint density at radius 1 is 1.25 bits per heavy atom. The molecule has 0 saturated heterocycles. The Kier molecular flexibility index (Phi) is 7.26. The van der Waals surface area contributed by atoms with Crippen molar-refractivity contribution in [1.82, 2.24) is 5.32 Å². The van der Waals surface area contributed by atoms with E-state index in [2.05, 4.69) is 17.4 Å². The van der Waals surface area contributed by atoms with Crippen LogP contribution in [0.15, 0.2) is 30.3 Å². The van der Waals surface area contributed by atoms with Crippen molar-refractivity contribution >= 4 is 5.91 Å². The van der Waals surface area contributed by atoms with Gasteiger partial charge in [-0.05, 0) is 25.3 Å². The van der Waals surface area contributed by atoms with Gasteiger partial charge in [0.2, 0.25) is 5.91 Å². The normalized spacial score (nSPS) is 13.8. The summed E-state index contributed by atoms with van der Waals surface area (Å²) in [7, 11) is 3.25. The summed E-state index contributed by atoms with van der Waals surface area (Å²) in [5.74, 6) is 0.0558. The summed E-state index contributed by atoms with van der Waals surface area (Å²) < 4.78 is 10.5. The lowest BCUT2D eigenvalue weighted by Gasteiger charge is -2.27. The van der Waals surface area contributed by atoms with Crippen LogP contribution in [0.25, 0.3) is 0 Å². The number of nitrogens with one attached hydrogen (secondary N) is 1. The van der Waals surface area contributed by atoms with Gasteiger partial charge in [0.05, 0.1) is 6.61 Å². The molecule has 0 fully saturated rings. The molecule has 0 spiro atoms. The first-order valence-corrected chi connectivity index (χ1v) is 6.94. The van der Waals surface area contributed by atoms with Gasteiger partial charge in [-0.15, -0.1) is 0 Å². The number of carbonyl (C=O) groups is 1. The molecule has 20 heavy (non-hydrogen) atoms. The van der Waals surface area contributed by atoms with Gasteiger partial charge >= 0.3 is 0 Å². The standard InChI is InChI=1S/C16H25NO3/c1-16(20-3,13-19-2)12-17-15(18)11-7-10-14-8-5-4-6-9-14/h4-6,8-9H,7,10-13H2,1-3H3,(H,17,18)/t16-/m0/s1. The van der Waals surface area contributed by atoms with Crippen LogP contribution < -0.4 is 5.32 Å². The number of hydrogen-bond donors (Lipinski definition) is 1. The molecule has 0 unspecified atom stereocenters. The molecule has 1 N–H and O–H groups in total. The summed E-state index contributed by atoms with van der Waals surface area (Å²) in [6.07, 6.45) is 2.30. The molecule has 1 aromatic rings. The minimum Gasteiger partial charge on any atom is -0.382 e. The van der Waals surface area contributed by atoms with Crippen LogP contribution in [0.5, 0.6) is 0 Å². The maximum atomic E-state index is 11.8. The van der Waals surface area contributed by atoms with Gasteiger partial charge in [0.1, 0.15) is 5.60 Å². The van der Waals surface area contributed by atoms with Crippen molar-refractivity contribution in [1.29, 1.82) is 0 Å². The van der Waals surface area contributed by atoms with E-state index in [-0.39, 0.29) is 5.91 Å². The highest BCUT2D eigenvalue weighted by Gasteiger charge is 2.24. The van der Waals surface area contributed by atoms with Crippen molar-refractivity contribution in [3.63, 3.8) is 0 Å². The first-order valence-electron chi connectivity index (χ1n) is 6.94. The van der Waals surface area contributed by atoms with Gasteiger partial charge < -0.3 is 14.8 Å². The molecule has 0 aliphatic heterocycles. The third kappa shape index (κ3) is 6.17. The second kappa shape index (κ2) is 8.72. The summed E-state index contributed by atoms with van der Waals surface area (Å²) in [6.45, 7) is 2.83. The van der Waals surface area contributed by atoms with E-state index in [1.807, 2.05) is 25.1 Å². The van der Waals surface area contributed by atoms with Gasteiger partial charge in [-0.1, -0.05) is 30.3 Å². The van der Waals surface area contributed by atoms with Gasteiger partial charge in [-0.2, -0.15) is 0 Å². The molecule has 0 aromatic heterocycles. The SMILES string of the molecule is COC[C@](C)(CNC(=O)CCCc1ccccc1)OC. The first-order chi connectivity index (χ1) is 9.59. The fourth-order valence-electron chi connectivity index (χ4n) is 1.96. The van der Waals surface area contributed by atoms with E-state index in [0.717, 1.165) is 12.8 Å². The number of rotatable bonds is 9. The van der Waals surface area contributed by atoms with Crippen LogP contribution >= 0.6 is 0 Å². The monoisotopic (exact) mass is 279 g/mol. The lowest BCUT2D eigenvalue weighted by Crippen LogP contribution is -2.45. The topological polar surface area (TPSA) is 47.6 Å². The number of benzene rings is 1. The molecule has 0 radical (unpaired) electrons. The summed E-state index contributed by atoms with van der Waals surface area (Å²) in [5, 5.41) is 2.90. The number of amides is 1. The van der Waals surface area contributed by atoms with Gasteiger partial charge in [0, 0.05) is 27.2 Å². The zero-order valence-corrected chi connectivity index (χ0v) is 12.6. The van der Waals surface area contributed by atoms with Crippen LogP contribution in [0.1, 0.15) is 25.3 Å². The van der Waals surface area contributed by atoms with E-state index in [1.165, 1.54) is 5.56 Å². The molecule has 0 saturated carbocycles. The van der Waals surface area contributed by atoms with Crippen LogP contribution in [-0.2, 0) is 20.7 Å². The first kappa shape index (κ1) is 16.7. The molecule has 0 aliphatic rings. The molecule has 0 bridgehead atoms. The molecule has 1 amide bonds. The predicted molar refractivity (Wildman–Crippen MR) is 79.7 cm³/mol. The van der Waals surface area contributed by atoms with Crippen molar-refractivity contribution in [2.24, 2.45) is 0 Å². The van der Waals surface area contributed by atoms with Gasteiger partial charge in [0.25, 0.3) is 0 Å². The van der Waals surface area contributed by atoms with Crippen LogP contribution in [-0.4, -0.2) is 38.9 Å². The minimum atomic E-state index is -0.468. The summed E-state index contributed by atoms with van der Waals surface area (Å²) in [4.78, 5) is 11.8. The fourth-order valence-corrected chi connectivity index (χ4v) is 1.96.